The molecule has 1 aromatic carbocycles. The highest BCUT2D eigenvalue weighted by Crippen LogP contribution is 2.18. The molecule has 0 bridgehead atoms. The SMILES string of the molecule is CCCCCCCCc1ccnc(-c2ccc(O)cc2)n1. The van der Waals surface area contributed by atoms with Crippen molar-refractivity contribution >= 4 is 0 Å². The average molecular weight is 284 g/mol. The molecule has 0 saturated carbocycles. The normalized spacial score (nSPS) is 10.7. The number of aromatic nitrogens is 2. The number of benzene rings is 1. The smallest absolute Gasteiger partial charge is 0.159 e. The maximum absolute atomic E-state index is 9.32. The molecule has 3 nitrogen and oxygen atoms in total. The molecule has 0 aliphatic rings. The lowest BCUT2D eigenvalue weighted by Crippen LogP contribution is -1.95. The standard InChI is InChI=1S/C18H24N2O/c1-2-3-4-5-6-7-8-16-13-14-19-18(20-16)15-9-11-17(21)12-10-15/h9-14,21H,2-8H2,1H3. The fraction of sp³-hybridized carbons (Fsp3) is 0.444. The van der Waals surface area contributed by atoms with E-state index in [-0.39, 0.29) is 5.75 Å². The molecule has 3 heteroatoms. The number of hydrogen-bond donors (Lipinski definition) is 1. The lowest BCUT2D eigenvalue weighted by atomic mass is 10.1. The summed E-state index contributed by atoms with van der Waals surface area (Å²) in [6, 6.07) is 9.02. The van der Waals surface area contributed by atoms with Crippen LogP contribution in [0, 0.1) is 0 Å². The number of rotatable bonds is 8. The van der Waals surface area contributed by atoms with Gasteiger partial charge in [-0.25, -0.2) is 9.97 Å². The Kier molecular flexibility index (Phi) is 6.20. The zero-order valence-electron chi connectivity index (χ0n) is 12.8. The molecule has 0 atom stereocenters. The van der Waals surface area contributed by atoms with Gasteiger partial charge in [0.2, 0.25) is 0 Å². The first-order chi connectivity index (χ1) is 10.3. The average Bonchev–Trinajstić information content (AvgIpc) is 2.52. The Morgan fingerprint density at radius 1 is 0.905 bits per heavy atom. The van der Waals surface area contributed by atoms with Gasteiger partial charge in [0, 0.05) is 17.5 Å². The molecule has 0 unspecified atom stereocenters. The third-order valence-corrected chi connectivity index (χ3v) is 3.63. The van der Waals surface area contributed by atoms with E-state index < -0.39 is 0 Å². The summed E-state index contributed by atoms with van der Waals surface area (Å²) in [6.45, 7) is 2.24. The Bertz CT molecular complexity index is 537. The van der Waals surface area contributed by atoms with Crippen LogP contribution < -0.4 is 0 Å². The molecule has 21 heavy (non-hydrogen) atoms. The van der Waals surface area contributed by atoms with Crippen LogP contribution in [0.5, 0.6) is 5.75 Å². The molecular formula is C18H24N2O. The van der Waals surface area contributed by atoms with Gasteiger partial charge in [-0.05, 0) is 43.2 Å². The van der Waals surface area contributed by atoms with Crippen LogP contribution in [0.3, 0.4) is 0 Å². The molecule has 0 aliphatic heterocycles. The summed E-state index contributed by atoms with van der Waals surface area (Å²) in [5, 5.41) is 9.32. The largest absolute Gasteiger partial charge is 0.508 e. The van der Waals surface area contributed by atoms with Gasteiger partial charge in [0.05, 0.1) is 0 Å². The molecule has 1 N–H and O–H groups in total. The van der Waals surface area contributed by atoms with Crippen molar-refractivity contribution in [1.29, 1.82) is 0 Å². The second-order valence-electron chi connectivity index (χ2n) is 5.44. The van der Waals surface area contributed by atoms with Gasteiger partial charge in [0.1, 0.15) is 5.75 Å². The summed E-state index contributed by atoms with van der Waals surface area (Å²) >= 11 is 0. The lowest BCUT2D eigenvalue weighted by Gasteiger charge is -2.04. The zero-order valence-corrected chi connectivity index (χ0v) is 12.8. The number of phenolic OH excluding ortho intramolecular Hbond substituents is 1. The zero-order chi connectivity index (χ0) is 14.9. The Morgan fingerprint density at radius 3 is 2.38 bits per heavy atom. The minimum absolute atomic E-state index is 0.266. The van der Waals surface area contributed by atoms with E-state index >= 15 is 0 Å². The predicted octanol–water partition coefficient (Wildman–Crippen LogP) is 4.75. The van der Waals surface area contributed by atoms with Crippen LogP contribution >= 0.6 is 0 Å². The molecule has 0 radical (unpaired) electrons. The maximum Gasteiger partial charge on any atom is 0.159 e. The molecule has 2 rings (SSSR count). The number of nitrogens with zero attached hydrogens (tertiary/aromatic N) is 2. The molecule has 1 aromatic heterocycles. The van der Waals surface area contributed by atoms with Crippen molar-refractivity contribution in [3.8, 4) is 17.1 Å². The lowest BCUT2D eigenvalue weighted by molar-refractivity contribution is 0.475. The quantitative estimate of drug-likeness (QED) is 0.711. The summed E-state index contributed by atoms with van der Waals surface area (Å²) in [7, 11) is 0. The Hall–Kier alpha value is -1.90. The van der Waals surface area contributed by atoms with E-state index in [1.807, 2.05) is 24.4 Å². The van der Waals surface area contributed by atoms with Crippen LogP contribution in [0.4, 0.5) is 0 Å². The molecule has 0 saturated heterocycles. The summed E-state index contributed by atoms with van der Waals surface area (Å²) in [5.74, 6) is 1.00. The van der Waals surface area contributed by atoms with Crippen LogP contribution in [-0.2, 0) is 6.42 Å². The van der Waals surface area contributed by atoms with Gasteiger partial charge in [-0.2, -0.15) is 0 Å². The van der Waals surface area contributed by atoms with Gasteiger partial charge in [-0.15, -0.1) is 0 Å². The van der Waals surface area contributed by atoms with E-state index in [1.165, 1.54) is 38.5 Å². The molecule has 0 amide bonds. The fourth-order valence-electron chi connectivity index (χ4n) is 2.37. The van der Waals surface area contributed by atoms with Crippen LogP contribution in [0.1, 0.15) is 51.1 Å². The van der Waals surface area contributed by atoms with E-state index in [0.29, 0.717) is 0 Å². The van der Waals surface area contributed by atoms with Crippen molar-refractivity contribution in [3.05, 3.63) is 42.2 Å². The van der Waals surface area contributed by atoms with Gasteiger partial charge in [-0.1, -0.05) is 39.0 Å². The summed E-state index contributed by atoms with van der Waals surface area (Å²) in [4.78, 5) is 8.93. The highest BCUT2D eigenvalue weighted by molar-refractivity contribution is 5.55. The van der Waals surface area contributed by atoms with Gasteiger partial charge < -0.3 is 5.11 Å². The van der Waals surface area contributed by atoms with Crippen LogP contribution in [0.15, 0.2) is 36.5 Å². The molecule has 112 valence electrons. The molecular weight excluding hydrogens is 260 g/mol. The van der Waals surface area contributed by atoms with Crippen molar-refractivity contribution in [2.45, 2.75) is 51.9 Å². The number of hydrogen-bond acceptors (Lipinski definition) is 3. The number of phenols is 1. The number of unbranched alkanes of at least 4 members (excludes halogenated alkanes) is 5. The first-order valence-electron chi connectivity index (χ1n) is 7.91. The Labute approximate surface area is 127 Å². The van der Waals surface area contributed by atoms with E-state index in [2.05, 4.69) is 16.9 Å². The van der Waals surface area contributed by atoms with Gasteiger partial charge in [0.25, 0.3) is 0 Å². The van der Waals surface area contributed by atoms with Gasteiger partial charge in [0.15, 0.2) is 5.82 Å². The second-order valence-corrected chi connectivity index (χ2v) is 5.44. The predicted molar refractivity (Wildman–Crippen MR) is 86.2 cm³/mol. The summed E-state index contributed by atoms with van der Waals surface area (Å²) in [6.07, 6.45) is 10.6. The molecule has 0 fully saturated rings. The van der Waals surface area contributed by atoms with E-state index in [4.69, 9.17) is 0 Å². The molecule has 0 aliphatic carbocycles. The Balaban J connectivity index is 1.87. The van der Waals surface area contributed by atoms with Crippen LogP contribution in [-0.4, -0.2) is 15.1 Å². The summed E-state index contributed by atoms with van der Waals surface area (Å²) in [5.41, 5.74) is 2.04. The first-order valence-corrected chi connectivity index (χ1v) is 7.91. The topological polar surface area (TPSA) is 46.0 Å². The Morgan fingerprint density at radius 2 is 1.62 bits per heavy atom. The third kappa shape index (κ3) is 5.18. The third-order valence-electron chi connectivity index (χ3n) is 3.63. The van der Waals surface area contributed by atoms with E-state index in [9.17, 15) is 5.11 Å². The monoisotopic (exact) mass is 284 g/mol. The van der Waals surface area contributed by atoms with Crippen molar-refractivity contribution in [1.82, 2.24) is 9.97 Å². The highest BCUT2D eigenvalue weighted by atomic mass is 16.3. The minimum atomic E-state index is 0.266. The summed E-state index contributed by atoms with van der Waals surface area (Å²) < 4.78 is 0. The second kappa shape index (κ2) is 8.40. The van der Waals surface area contributed by atoms with E-state index in [0.717, 1.165) is 23.5 Å². The first kappa shape index (κ1) is 15.5. The number of aromatic hydroxyl groups is 1. The number of aryl methyl sites for hydroxylation is 1. The van der Waals surface area contributed by atoms with Crippen LogP contribution in [0.25, 0.3) is 11.4 Å². The van der Waals surface area contributed by atoms with E-state index in [1.54, 1.807) is 12.1 Å². The van der Waals surface area contributed by atoms with Gasteiger partial charge in [-0.3, -0.25) is 0 Å². The molecule has 2 aromatic rings. The fourth-order valence-corrected chi connectivity index (χ4v) is 2.37. The van der Waals surface area contributed by atoms with Crippen molar-refractivity contribution < 1.29 is 5.11 Å². The molecule has 1 heterocycles. The van der Waals surface area contributed by atoms with Crippen LogP contribution in [0.2, 0.25) is 0 Å². The van der Waals surface area contributed by atoms with Crippen molar-refractivity contribution in [2.75, 3.05) is 0 Å². The molecule has 0 spiro atoms. The van der Waals surface area contributed by atoms with Gasteiger partial charge >= 0.3 is 0 Å². The minimum Gasteiger partial charge on any atom is -0.508 e. The van der Waals surface area contributed by atoms with Crippen molar-refractivity contribution in [2.24, 2.45) is 0 Å². The van der Waals surface area contributed by atoms with Crippen molar-refractivity contribution in [3.63, 3.8) is 0 Å². The maximum atomic E-state index is 9.32. The highest BCUT2D eigenvalue weighted by Gasteiger charge is 2.03.